The summed E-state index contributed by atoms with van der Waals surface area (Å²) in [6, 6.07) is 19.3. The van der Waals surface area contributed by atoms with Crippen LogP contribution in [0.25, 0.3) is 11.3 Å². The highest BCUT2D eigenvalue weighted by Crippen LogP contribution is 2.20. The van der Waals surface area contributed by atoms with Gasteiger partial charge < -0.3 is 0 Å². The summed E-state index contributed by atoms with van der Waals surface area (Å²) < 4.78 is 1.72. The van der Waals surface area contributed by atoms with E-state index < -0.39 is 0 Å². The molecule has 0 aliphatic carbocycles. The third kappa shape index (κ3) is 4.71. The molecule has 0 saturated carbocycles. The Balaban J connectivity index is 1.77. The lowest BCUT2D eigenvalue weighted by molar-refractivity contribution is 0.0955. The van der Waals surface area contributed by atoms with Crippen LogP contribution in [-0.2, 0) is 13.0 Å². The van der Waals surface area contributed by atoms with E-state index in [2.05, 4.69) is 28.6 Å². The molecular formula is C22H21N5O. The Hall–Kier alpha value is -3.72. The van der Waals surface area contributed by atoms with Gasteiger partial charge in [-0.25, -0.2) is 5.43 Å². The molecule has 6 heteroatoms. The van der Waals surface area contributed by atoms with Gasteiger partial charge in [0.25, 0.3) is 5.91 Å². The zero-order valence-corrected chi connectivity index (χ0v) is 15.7. The van der Waals surface area contributed by atoms with Crippen LogP contribution >= 0.6 is 0 Å². The number of carbonyl (C=O) groups is 1. The molecule has 3 aromatic rings. The summed E-state index contributed by atoms with van der Waals surface area (Å²) in [5.74, 6) is -0.267. The standard InChI is InChI=1S/C22H21N5O/c1-2-17-9-11-19(12-10-17)22(28)25-24-15-20-16-27(14-6-13-23)26-21(20)18-7-4-3-5-8-18/h3-5,7-12,15-16H,2,6,14H2,1H3,(H,25,28)/b24-15-. The molecule has 6 nitrogen and oxygen atoms in total. The zero-order chi connectivity index (χ0) is 19.8. The van der Waals surface area contributed by atoms with Gasteiger partial charge in [-0.2, -0.15) is 15.5 Å². The van der Waals surface area contributed by atoms with Crippen molar-refractivity contribution in [1.29, 1.82) is 5.26 Å². The maximum Gasteiger partial charge on any atom is 0.271 e. The quantitative estimate of drug-likeness (QED) is 0.507. The summed E-state index contributed by atoms with van der Waals surface area (Å²) in [7, 11) is 0. The molecule has 0 saturated heterocycles. The fourth-order valence-corrected chi connectivity index (χ4v) is 2.75. The Morgan fingerprint density at radius 1 is 1.21 bits per heavy atom. The van der Waals surface area contributed by atoms with Crippen LogP contribution in [0.2, 0.25) is 0 Å². The summed E-state index contributed by atoms with van der Waals surface area (Å²) >= 11 is 0. The molecule has 3 rings (SSSR count). The number of hydrogen-bond donors (Lipinski definition) is 1. The number of nitrogens with zero attached hydrogens (tertiary/aromatic N) is 4. The van der Waals surface area contributed by atoms with Gasteiger partial charge in [-0.3, -0.25) is 9.48 Å². The van der Waals surface area contributed by atoms with Gasteiger partial charge in [-0.15, -0.1) is 0 Å². The SMILES string of the molecule is CCc1ccc(C(=O)N/N=C\c2cn(CCC#N)nc2-c2ccccc2)cc1. The van der Waals surface area contributed by atoms with E-state index in [1.807, 2.05) is 48.7 Å². The first-order valence-electron chi connectivity index (χ1n) is 9.13. The Morgan fingerprint density at radius 3 is 2.64 bits per heavy atom. The fraction of sp³-hybridized carbons (Fsp3) is 0.182. The normalized spacial score (nSPS) is 10.7. The summed E-state index contributed by atoms with van der Waals surface area (Å²) in [5, 5.41) is 17.5. The van der Waals surface area contributed by atoms with Crippen LogP contribution in [0, 0.1) is 11.3 Å². The lowest BCUT2D eigenvalue weighted by Gasteiger charge is -2.01. The van der Waals surface area contributed by atoms with Crippen molar-refractivity contribution < 1.29 is 4.79 Å². The van der Waals surface area contributed by atoms with Gasteiger partial charge in [0, 0.05) is 22.9 Å². The molecule has 0 radical (unpaired) electrons. The molecule has 0 fully saturated rings. The number of hydrogen-bond acceptors (Lipinski definition) is 4. The Bertz CT molecular complexity index is 998. The molecule has 1 aromatic heterocycles. The second-order valence-electron chi connectivity index (χ2n) is 6.22. The fourth-order valence-electron chi connectivity index (χ4n) is 2.75. The molecule has 1 N–H and O–H groups in total. The highest BCUT2D eigenvalue weighted by molar-refractivity contribution is 5.95. The molecule has 0 aliphatic rings. The van der Waals surface area contributed by atoms with Crippen LogP contribution in [0.4, 0.5) is 0 Å². The maximum atomic E-state index is 12.3. The molecule has 140 valence electrons. The molecule has 0 atom stereocenters. The van der Waals surface area contributed by atoms with E-state index in [1.54, 1.807) is 23.0 Å². The van der Waals surface area contributed by atoms with Crippen molar-refractivity contribution >= 4 is 12.1 Å². The smallest absolute Gasteiger partial charge is 0.270 e. The summed E-state index contributed by atoms with van der Waals surface area (Å²) in [6.07, 6.45) is 4.71. The number of benzene rings is 2. The number of amides is 1. The van der Waals surface area contributed by atoms with Crippen molar-refractivity contribution in [2.24, 2.45) is 5.10 Å². The predicted octanol–water partition coefficient (Wildman–Crippen LogP) is 3.79. The first kappa shape index (κ1) is 19.1. The van der Waals surface area contributed by atoms with Crippen molar-refractivity contribution in [2.45, 2.75) is 26.3 Å². The second kappa shape index (κ2) is 9.28. The second-order valence-corrected chi connectivity index (χ2v) is 6.22. The molecule has 2 aromatic carbocycles. The lowest BCUT2D eigenvalue weighted by atomic mass is 10.1. The third-order valence-corrected chi connectivity index (χ3v) is 4.28. The molecule has 0 unspecified atom stereocenters. The monoisotopic (exact) mass is 371 g/mol. The maximum absolute atomic E-state index is 12.3. The minimum absolute atomic E-state index is 0.267. The number of aromatic nitrogens is 2. The number of hydrazone groups is 1. The zero-order valence-electron chi connectivity index (χ0n) is 15.7. The highest BCUT2D eigenvalue weighted by atomic mass is 16.2. The van der Waals surface area contributed by atoms with Crippen molar-refractivity contribution in [2.75, 3.05) is 0 Å². The van der Waals surface area contributed by atoms with Crippen LogP contribution in [0.5, 0.6) is 0 Å². The van der Waals surface area contributed by atoms with Gasteiger partial charge in [0.05, 0.1) is 25.2 Å². The van der Waals surface area contributed by atoms with Gasteiger partial charge in [-0.05, 0) is 24.1 Å². The summed E-state index contributed by atoms with van der Waals surface area (Å²) in [6.45, 7) is 2.57. The van der Waals surface area contributed by atoms with Gasteiger partial charge in [0.2, 0.25) is 0 Å². The van der Waals surface area contributed by atoms with Gasteiger partial charge in [-0.1, -0.05) is 49.4 Å². The molecule has 28 heavy (non-hydrogen) atoms. The van der Waals surface area contributed by atoms with E-state index in [-0.39, 0.29) is 5.91 Å². The average Bonchev–Trinajstić information content (AvgIpc) is 3.16. The van der Waals surface area contributed by atoms with Crippen LogP contribution in [-0.4, -0.2) is 21.9 Å². The highest BCUT2D eigenvalue weighted by Gasteiger charge is 2.10. The van der Waals surface area contributed by atoms with E-state index in [0.717, 1.165) is 23.2 Å². The average molecular weight is 371 g/mol. The number of nitrogens with one attached hydrogen (secondary N) is 1. The molecule has 1 heterocycles. The first-order valence-corrected chi connectivity index (χ1v) is 9.13. The van der Waals surface area contributed by atoms with Crippen LogP contribution < -0.4 is 5.43 Å². The van der Waals surface area contributed by atoms with Crippen molar-refractivity contribution in [1.82, 2.24) is 15.2 Å². The van der Waals surface area contributed by atoms with Gasteiger partial charge in [0.1, 0.15) is 5.69 Å². The topological polar surface area (TPSA) is 83.1 Å². The number of rotatable bonds is 7. The lowest BCUT2D eigenvalue weighted by Crippen LogP contribution is -2.17. The molecule has 1 amide bonds. The number of nitriles is 1. The van der Waals surface area contributed by atoms with Crippen LogP contribution in [0.1, 0.15) is 34.8 Å². The van der Waals surface area contributed by atoms with E-state index >= 15 is 0 Å². The Kier molecular flexibility index (Phi) is 6.32. The predicted molar refractivity (Wildman–Crippen MR) is 109 cm³/mol. The van der Waals surface area contributed by atoms with Crippen molar-refractivity contribution in [3.8, 4) is 17.3 Å². The van der Waals surface area contributed by atoms with E-state index in [4.69, 9.17) is 5.26 Å². The van der Waals surface area contributed by atoms with Crippen LogP contribution in [0.15, 0.2) is 65.9 Å². The van der Waals surface area contributed by atoms with Crippen LogP contribution in [0.3, 0.4) is 0 Å². The van der Waals surface area contributed by atoms with E-state index in [1.165, 1.54) is 5.56 Å². The molecule has 0 bridgehead atoms. The largest absolute Gasteiger partial charge is 0.271 e. The van der Waals surface area contributed by atoms with E-state index in [9.17, 15) is 4.79 Å². The summed E-state index contributed by atoms with van der Waals surface area (Å²) in [4.78, 5) is 12.3. The third-order valence-electron chi connectivity index (χ3n) is 4.28. The van der Waals surface area contributed by atoms with Gasteiger partial charge in [0.15, 0.2) is 0 Å². The van der Waals surface area contributed by atoms with E-state index in [0.29, 0.717) is 18.5 Å². The van der Waals surface area contributed by atoms with Crippen molar-refractivity contribution in [3.63, 3.8) is 0 Å². The summed E-state index contributed by atoms with van der Waals surface area (Å²) in [5.41, 5.74) is 6.76. The number of aryl methyl sites for hydroxylation is 2. The number of carbonyl (C=O) groups excluding carboxylic acids is 1. The minimum atomic E-state index is -0.267. The molecular weight excluding hydrogens is 350 g/mol. The first-order chi connectivity index (χ1) is 13.7. The molecule has 0 spiro atoms. The van der Waals surface area contributed by atoms with Gasteiger partial charge >= 0.3 is 0 Å². The molecule has 0 aliphatic heterocycles. The Labute approximate surface area is 164 Å². The van der Waals surface area contributed by atoms with Crippen molar-refractivity contribution in [3.05, 3.63) is 77.5 Å². The Morgan fingerprint density at radius 2 is 1.96 bits per heavy atom. The minimum Gasteiger partial charge on any atom is -0.270 e.